The molecule has 0 spiro atoms. The fourth-order valence-electron chi connectivity index (χ4n) is 4.69. The molecule has 0 radical (unpaired) electrons. The first-order valence-corrected chi connectivity index (χ1v) is 13.4. The van der Waals surface area contributed by atoms with E-state index in [2.05, 4.69) is 21.9 Å². The average molecular weight is 497 g/mol. The molecular formula is C29H34F2N2OS. The normalized spacial score (nSPS) is 16.0. The second-order valence-electron chi connectivity index (χ2n) is 9.22. The average Bonchev–Trinajstić information content (AvgIpc) is 2.88. The third-order valence-corrected chi connectivity index (χ3v) is 7.79. The zero-order valence-electron chi connectivity index (χ0n) is 20.0. The highest BCUT2D eigenvalue weighted by Crippen LogP contribution is 2.30. The molecule has 3 nitrogen and oxygen atoms in total. The van der Waals surface area contributed by atoms with Crippen LogP contribution in [0.1, 0.15) is 29.9 Å². The van der Waals surface area contributed by atoms with E-state index in [1.165, 1.54) is 29.2 Å². The van der Waals surface area contributed by atoms with Gasteiger partial charge in [0.05, 0.1) is 6.10 Å². The van der Waals surface area contributed by atoms with Crippen LogP contribution in [0.2, 0.25) is 0 Å². The van der Waals surface area contributed by atoms with E-state index in [1.54, 1.807) is 11.8 Å². The van der Waals surface area contributed by atoms with Gasteiger partial charge in [0.25, 0.3) is 0 Å². The minimum Gasteiger partial charge on any atom is -0.391 e. The number of nitrogens with zero attached hydrogens (tertiary/aromatic N) is 2. The molecule has 6 heteroatoms. The molecule has 186 valence electrons. The molecule has 1 aliphatic heterocycles. The van der Waals surface area contributed by atoms with E-state index in [9.17, 15) is 13.9 Å². The highest BCUT2D eigenvalue weighted by molar-refractivity contribution is 7.99. The number of halogens is 2. The van der Waals surface area contributed by atoms with Gasteiger partial charge in [-0.1, -0.05) is 42.5 Å². The van der Waals surface area contributed by atoms with Gasteiger partial charge in [-0.05, 0) is 66.9 Å². The van der Waals surface area contributed by atoms with Crippen LogP contribution in [0.3, 0.4) is 0 Å². The molecule has 0 aromatic heterocycles. The first-order chi connectivity index (χ1) is 17.1. The maximum atomic E-state index is 13.5. The van der Waals surface area contributed by atoms with Gasteiger partial charge in [0.2, 0.25) is 0 Å². The van der Waals surface area contributed by atoms with E-state index in [-0.39, 0.29) is 23.7 Å². The highest BCUT2D eigenvalue weighted by atomic mass is 32.2. The van der Waals surface area contributed by atoms with E-state index in [1.807, 2.05) is 42.5 Å². The summed E-state index contributed by atoms with van der Waals surface area (Å²) in [5, 5.41) is 10.5. The van der Waals surface area contributed by atoms with Crippen LogP contribution in [0.5, 0.6) is 0 Å². The largest absolute Gasteiger partial charge is 0.391 e. The Morgan fingerprint density at radius 3 is 1.86 bits per heavy atom. The molecular weight excluding hydrogens is 462 g/mol. The summed E-state index contributed by atoms with van der Waals surface area (Å²) in [7, 11) is 0. The summed E-state index contributed by atoms with van der Waals surface area (Å²) in [6.07, 6.45) is 1.60. The molecule has 4 rings (SSSR count). The topological polar surface area (TPSA) is 26.7 Å². The number of aliphatic hydroxyl groups is 1. The lowest BCUT2D eigenvalue weighted by molar-refractivity contribution is 0.0819. The smallest absolute Gasteiger partial charge is 0.123 e. The van der Waals surface area contributed by atoms with E-state index in [0.717, 1.165) is 56.7 Å². The lowest BCUT2D eigenvalue weighted by atomic mass is 9.87. The van der Waals surface area contributed by atoms with Crippen LogP contribution in [-0.4, -0.2) is 66.0 Å². The molecule has 1 N–H and O–H groups in total. The van der Waals surface area contributed by atoms with E-state index in [4.69, 9.17) is 0 Å². The van der Waals surface area contributed by atoms with Crippen LogP contribution in [0.25, 0.3) is 0 Å². The number of aliphatic hydroxyl groups excluding tert-OH is 1. The number of rotatable bonds is 11. The lowest BCUT2D eigenvalue weighted by Crippen LogP contribution is -2.49. The van der Waals surface area contributed by atoms with E-state index < -0.39 is 0 Å². The van der Waals surface area contributed by atoms with Gasteiger partial charge in [0.15, 0.2) is 0 Å². The highest BCUT2D eigenvalue weighted by Gasteiger charge is 2.20. The van der Waals surface area contributed by atoms with Gasteiger partial charge in [0.1, 0.15) is 11.6 Å². The van der Waals surface area contributed by atoms with Crippen LogP contribution in [0.15, 0.2) is 83.8 Å². The summed E-state index contributed by atoms with van der Waals surface area (Å²) in [4.78, 5) is 6.02. The molecule has 0 bridgehead atoms. The SMILES string of the molecule is O[C@H](CSc1ccccc1)CN1CCN(CCCC(c2ccc(F)cc2)c2ccc(F)cc2)CC1. The maximum absolute atomic E-state index is 13.5. The number of hydrogen-bond donors (Lipinski definition) is 1. The number of thioether (sulfide) groups is 1. The third kappa shape index (κ3) is 8.14. The number of β-amino-alcohol motifs (C(OH)–C–C–N with tert-alkyl or cyclic N) is 1. The molecule has 35 heavy (non-hydrogen) atoms. The first-order valence-electron chi connectivity index (χ1n) is 12.4. The van der Waals surface area contributed by atoms with Gasteiger partial charge >= 0.3 is 0 Å². The van der Waals surface area contributed by atoms with Crippen molar-refractivity contribution in [3.8, 4) is 0 Å². The zero-order valence-corrected chi connectivity index (χ0v) is 20.8. The summed E-state index contributed by atoms with van der Waals surface area (Å²) < 4.78 is 26.9. The second kappa shape index (κ2) is 13.2. The summed E-state index contributed by atoms with van der Waals surface area (Å²) in [6, 6.07) is 23.5. The Morgan fingerprint density at radius 1 is 0.743 bits per heavy atom. The number of piperazine rings is 1. The van der Waals surface area contributed by atoms with Crippen molar-refractivity contribution in [1.82, 2.24) is 9.80 Å². The Hall–Kier alpha value is -2.25. The van der Waals surface area contributed by atoms with Crippen LogP contribution < -0.4 is 0 Å². The van der Waals surface area contributed by atoms with Gasteiger partial charge in [0, 0.05) is 49.3 Å². The molecule has 1 heterocycles. The minimum atomic E-state index is -0.334. The fraction of sp³-hybridized carbons (Fsp3) is 0.379. The molecule has 1 aliphatic rings. The van der Waals surface area contributed by atoms with Gasteiger partial charge in [-0.3, -0.25) is 4.90 Å². The summed E-state index contributed by atoms with van der Waals surface area (Å²) in [5.41, 5.74) is 2.12. The molecule has 1 atom stereocenters. The molecule has 1 fully saturated rings. The van der Waals surface area contributed by atoms with E-state index in [0.29, 0.717) is 12.3 Å². The summed E-state index contributed by atoms with van der Waals surface area (Å²) >= 11 is 1.70. The van der Waals surface area contributed by atoms with Crippen LogP contribution in [0, 0.1) is 11.6 Å². The maximum Gasteiger partial charge on any atom is 0.123 e. The summed E-state index contributed by atoms with van der Waals surface area (Å²) in [5.74, 6) is 0.342. The molecule has 0 saturated carbocycles. The van der Waals surface area contributed by atoms with Crippen molar-refractivity contribution >= 4 is 11.8 Å². The second-order valence-corrected chi connectivity index (χ2v) is 10.3. The van der Waals surface area contributed by atoms with Crippen molar-refractivity contribution in [1.29, 1.82) is 0 Å². The van der Waals surface area contributed by atoms with Crippen LogP contribution in [0.4, 0.5) is 8.78 Å². The summed E-state index contributed by atoms with van der Waals surface area (Å²) in [6.45, 7) is 5.63. The van der Waals surface area contributed by atoms with Crippen molar-refractivity contribution < 1.29 is 13.9 Å². The molecule has 0 unspecified atom stereocenters. The van der Waals surface area contributed by atoms with Gasteiger partial charge in [-0.15, -0.1) is 11.8 Å². The molecule has 3 aromatic carbocycles. The predicted octanol–water partition coefficient (Wildman–Crippen LogP) is 5.65. The molecule has 1 saturated heterocycles. The van der Waals surface area contributed by atoms with Crippen molar-refractivity contribution in [3.63, 3.8) is 0 Å². The van der Waals surface area contributed by atoms with Crippen LogP contribution >= 0.6 is 11.8 Å². The van der Waals surface area contributed by atoms with Gasteiger partial charge in [-0.2, -0.15) is 0 Å². The Balaban J connectivity index is 1.21. The molecule has 0 amide bonds. The van der Waals surface area contributed by atoms with Crippen molar-refractivity contribution in [3.05, 3.63) is 102 Å². The Bertz CT molecular complexity index is 964. The number of benzene rings is 3. The zero-order chi connectivity index (χ0) is 24.5. The van der Waals surface area contributed by atoms with E-state index >= 15 is 0 Å². The van der Waals surface area contributed by atoms with Gasteiger partial charge < -0.3 is 10.0 Å². The van der Waals surface area contributed by atoms with Crippen molar-refractivity contribution in [2.45, 2.75) is 29.8 Å². The molecule has 3 aromatic rings. The minimum absolute atomic E-state index is 0.120. The molecule has 0 aliphatic carbocycles. The third-order valence-electron chi connectivity index (χ3n) is 6.63. The fourth-order valence-corrected chi connectivity index (χ4v) is 5.53. The predicted molar refractivity (Wildman–Crippen MR) is 140 cm³/mol. The monoisotopic (exact) mass is 496 g/mol. The Kier molecular flexibility index (Phi) is 9.72. The Labute approximate surface area is 211 Å². The van der Waals surface area contributed by atoms with Crippen molar-refractivity contribution in [2.24, 2.45) is 0 Å². The van der Waals surface area contributed by atoms with Crippen molar-refractivity contribution in [2.75, 3.05) is 45.0 Å². The standard InChI is InChI=1S/C29H34F2N2OS/c30-25-12-8-23(9-13-25)29(24-10-14-26(31)15-11-24)7-4-16-32-17-19-33(20-18-32)21-27(34)22-35-28-5-2-1-3-6-28/h1-3,5-6,8-15,27,29,34H,4,7,16-22H2/t27-/m0/s1. The lowest BCUT2D eigenvalue weighted by Gasteiger charge is -2.35. The first kappa shape index (κ1) is 25.8. The van der Waals surface area contributed by atoms with Crippen LogP contribution in [-0.2, 0) is 0 Å². The Morgan fingerprint density at radius 2 is 1.29 bits per heavy atom. The quantitative estimate of drug-likeness (QED) is 0.347. The number of hydrogen-bond acceptors (Lipinski definition) is 4. The van der Waals surface area contributed by atoms with Gasteiger partial charge in [-0.25, -0.2) is 8.78 Å².